The number of nitrogens with zero attached hydrogens (tertiary/aromatic N) is 2. The van der Waals surface area contributed by atoms with Gasteiger partial charge in [0.25, 0.3) is 0 Å². The van der Waals surface area contributed by atoms with Gasteiger partial charge in [-0.25, -0.2) is 4.79 Å². The number of aromatic amines is 1. The molecular formula is C8H12N4O3. The Morgan fingerprint density at radius 3 is 3.20 bits per heavy atom. The van der Waals surface area contributed by atoms with Crippen LogP contribution in [0, 0.1) is 5.92 Å². The highest BCUT2D eigenvalue weighted by molar-refractivity contribution is 5.85. The first kappa shape index (κ1) is 9.91. The third-order valence-electron chi connectivity index (χ3n) is 2.17. The van der Waals surface area contributed by atoms with Crippen molar-refractivity contribution in [2.75, 3.05) is 25.6 Å². The van der Waals surface area contributed by atoms with Gasteiger partial charge in [0.05, 0.1) is 13.2 Å². The zero-order chi connectivity index (χ0) is 10.7. The summed E-state index contributed by atoms with van der Waals surface area (Å²) in [6.07, 6.45) is 0.922. The minimum atomic E-state index is -0.536. The fourth-order valence-corrected chi connectivity index (χ4v) is 1.34. The Balaban J connectivity index is 1.81. The van der Waals surface area contributed by atoms with E-state index < -0.39 is 5.97 Å². The summed E-state index contributed by atoms with van der Waals surface area (Å²) in [5.74, 6) is -0.183. The van der Waals surface area contributed by atoms with Crippen LogP contribution in [0.15, 0.2) is 0 Å². The van der Waals surface area contributed by atoms with Crippen LogP contribution in [-0.4, -0.2) is 41.0 Å². The summed E-state index contributed by atoms with van der Waals surface area (Å²) in [6, 6.07) is 0. The van der Waals surface area contributed by atoms with Gasteiger partial charge < -0.3 is 15.2 Å². The highest BCUT2D eigenvalue weighted by Crippen LogP contribution is 2.12. The maximum atomic E-state index is 11.4. The molecular weight excluding hydrogens is 200 g/mol. The molecule has 1 saturated heterocycles. The Bertz CT molecular complexity index is 345. The third-order valence-corrected chi connectivity index (χ3v) is 2.17. The molecule has 1 unspecified atom stereocenters. The topological polar surface area (TPSA) is 103 Å². The Morgan fingerprint density at radius 1 is 1.73 bits per heavy atom. The van der Waals surface area contributed by atoms with Gasteiger partial charge in [-0.2, -0.15) is 4.98 Å². The molecule has 2 heterocycles. The minimum Gasteiger partial charge on any atom is -0.459 e. The summed E-state index contributed by atoms with van der Waals surface area (Å²) in [5, 5.41) is 5.92. The summed E-state index contributed by atoms with van der Waals surface area (Å²) in [6.45, 7) is 1.72. The fraction of sp³-hybridized carbons (Fsp3) is 0.625. The number of nitrogens with one attached hydrogen (secondary N) is 1. The van der Waals surface area contributed by atoms with Gasteiger partial charge in [0.1, 0.15) is 0 Å². The maximum Gasteiger partial charge on any atom is 0.375 e. The van der Waals surface area contributed by atoms with Crippen LogP contribution in [0.25, 0.3) is 0 Å². The van der Waals surface area contributed by atoms with Crippen molar-refractivity contribution in [3.05, 3.63) is 5.82 Å². The number of nitrogen functional groups attached to an aromatic ring is 1. The summed E-state index contributed by atoms with van der Waals surface area (Å²) in [4.78, 5) is 15.0. The summed E-state index contributed by atoms with van der Waals surface area (Å²) in [5.41, 5.74) is 5.25. The lowest BCUT2D eigenvalue weighted by Gasteiger charge is -2.06. The Labute approximate surface area is 86.0 Å². The molecule has 0 aromatic carbocycles. The largest absolute Gasteiger partial charge is 0.459 e. The molecule has 2 rings (SSSR count). The second kappa shape index (κ2) is 4.26. The first-order valence-electron chi connectivity index (χ1n) is 4.68. The Kier molecular flexibility index (Phi) is 2.82. The number of carbonyl (C=O) groups is 1. The number of aromatic nitrogens is 3. The van der Waals surface area contributed by atoms with E-state index in [0.29, 0.717) is 13.2 Å². The van der Waals surface area contributed by atoms with Crippen molar-refractivity contribution < 1.29 is 14.3 Å². The predicted molar refractivity (Wildman–Crippen MR) is 50.0 cm³/mol. The lowest BCUT2D eigenvalue weighted by atomic mass is 10.1. The van der Waals surface area contributed by atoms with Gasteiger partial charge in [-0.1, -0.05) is 0 Å². The minimum absolute atomic E-state index is 0.0335. The second-order valence-electron chi connectivity index (χ2n) is 3.37. The van der Waals surface area contributed by atoms with Gasteiger partial charge in [-0.15, -0.1) is 5.10 Å². The number of hydrogen-bond donors (Lipinski definition) is 2. The molecule has 82 valence electrons. The molecule has 1 fully saturated rings. The molecule has 0 aliphatic carbocycles. The van der Waals surface area contributed by atoms with E-state index in [0.717, 1.165) is 13.0 Å². The molecule has 1 aliphatic rings. The number of ether oxygens (including phenoxy) is 2. The van der Waals surface area contributed by atoms with Crippen molar-refractivity contribution in [3.8, 4) is 0 Å². The quantitative estimate of drug-likeness (QED) is 0.659. The molecule has 3 N–H and O–H groups in total. The van der Waals surface area contributed by atoms with Crippen molar-refractivity contribution in [2.24, 2.45) is 5.92 Å². The molecule has 1 aromatic rings. The van der Waals surface area contributed by atoms with Crippen LogP contribution in [0.5, 0.6) is 0 Å². The molecule has 1 atom stereocenters. The van der Waals surface area contributed by atoms with Crippen LogP contribution < -0.4 is 5.73 Å². The Hall–Kier alpha value is -1.63. The number of esters is 1. The Morgan fingerprint density at radius 2 is 2.60 bits per heavy atom. The lowest BCUT2D eigenvalue weighted by molar-refractivity contribution is 0.0414. The van der Waals surface area contributed by atoms with E-state index >= 15 is 0 Å². The van der Waals surface area contributed by atoms with Crippen LogP contribution in [0.3, 0.4) is 0 Å². The highest BCUT2D eigenvalue weighted by atomic mass is 16.5. The second-order valence-corrected chi connectivity index (χ2v) is 3.37. The zero-order valence-electron chi connectivity index (χ0n) is 8.10. The van der Waals surface area contributed by atoms with E-state index in [1.54, 1.807) is 0 Å². The molecule has 1 aromatic heterocycles. The normalized spacial score (nSPS) is 20.4. The zero-order valence-corrected chi connectivity index (χ0v) is 8.10. The van der Waals surface area contributed by atoms with E-state index in [1.807, 2.05) is 0 Å². The fourth-order valence-electron chi connectivity index (χ4n) is 1.34. The van der Waals surface area contributed by atoms with Gasteiger partial charge in [-0.3, -0.25) is 5.10 Å². The van der Waals surface area contributed by atoms with Gasteiger partial charge in [0, 0.05) is 12.5 Å². The van der Waals surface area contributed by atoms with Crippen molar-refractivity contribution in [1.29, 1.82) is 0 Å². The number of anilines is 1. The average molecular weight is 212 g/mol. The molecule has 0 bridgehead atoms. The van der Waals surface area contributed by atoms with E-state index in [1.165, 1.54) is 0 Å². The molecule has 15 heavy (non-hydrogen) atoms. The number of hydrogen-bond acceptors (Lipinski definition) is 6. The van der Waals surface area contributed by atoms with Crippen molar-refractivity contribution >= 4 is 11.9 Å². The van der Waals surface area contributed by atoms with E-state index in [-0.39, 0.29) is 17.7 Å². The van der Waals surface area contributed by atoms with Gasteiger partial charge in [0.15, 0.2) is 0 Å². The van der Waals surface area contributed by atoms with Crippen molar-refractivity contribution in [2.45, 2.75) is 6.42 Å². The first-order chi connectivity index (χ1) is 7.25. The molecule has 7 nitrogen and oxygen atoms in total. The maximum absolute atomic E-state index is 11.4. The molecule has 0 radical (unpaired) electrons. The molecule has 0 saturated carbocycles. The smallest absolute Gasteiger partial charge is 0.375 e. The van der Waals surface area contributed by atoms with Gasteiger partial charge in [-0.05, 0) is 6.42 Å². The molecule has 7 heteroatoms. The average Bonchev–Trinajstić information content (AvgIpc) is 2.84. The molecule has 0 amide bonds. The summed E-state index contributed by atoms with van der Waals surface area (Å²) in [7, 11) is 0. The van der Waals surface area contributed by atoms with Crippen molar-refractivity contribution in [1.82, 2.24) is 15.2 Å². The number of H-pyrrole nitrogens is 1. The van der Waals surface area contributed by atoms with Crippen LogP contribution in [-0.2, 0) is 9.47 Å². The SMILES string of the molecule is Nc1n[nH]c(C(=O)OCC2CCOC2)n1. The summed E-state index contributed by atoms with van der Waals surface area (Å²) >= 11 is 0. The first-order valence-corrected chi connectivity index (χ1v) is 4.68. The number of nitrogens with two attached hydrogens (primary N) is 1. The predicted octanol–water partition coefficient (Wildman–Crippen LogP) is -0.420. The van der Waals surface area contributed by atoms with Gasteiger partial charge in [0.2, 0.25) is 11.8 Å². The van der Waals surface area contributed by atoms with Crippen LogP contribution in [0.1, 0.15) is 17.0 Å². The molecule has 0 spiro atoms. The monoisotopic (exact) mass is 212 g/mol. The summed E-state index contributed by atoms with van der Waals surface area (Å²) < 4.78 is 10.2. The van der Waals surface area contributed by atoms with E-state index in [4.69, 9.17) is 15.2 Å². The lowest BCUT2D eigenvalue weighted by Crippen LogP contribution is -2.15. The number of rotatable bonds is 3. The van der Waals surface area contributed by atoms with Crippen molar-refractivity contribution in [3.63, 3.8) is 0 Å². The standard InChI is InChI=1S/C8H12N4O3/c9-8-10-6(11-12-8)7(13)15-4-5-1-2-14-3-5/h5H,1-4H2,(H3,9,10,11,12). The third kappa shape index (κ3) is 2.44. The van der Waals surface area contributed by atoms with E-state index in [9.17, 15) is 4.79 Å². The van der Waals surface area contributed by atoms with E-state index in [2.05, 4.69) is 15.2 Å². The van der Waals surface area contributed by atoms with Crippen LogP contribution in [0.2, 0.25) is 0 Å². The highest BCUT2D eigenvalue weighted by Gasteiger charge is 2.19. The van der Waals surface area contributed by atoms with Crippen LogP contribution >= 0.6 is 0 Å². The van der Waals surface area contributed by atoms with Gasteiger partial charge >= 0.3 is 5.97 Å². The molecule has 1 aliphatic heterocycles. The number of carbonyl (C=O) groups excluding carboxylic acids is 1. The van der Waals surface area contributed by atoms with Crippen LogP contribution in [0.4, 0.5) is 5.95 Å².